The van der Waals surface area contributed by atoms with Crippen LogP contribution in [0, 0.1) is 0 Å². The normalized spacial score (nSPS) is 14.1. The van der Waals surface area contributed by atoms with Crippen LogP contribution >= 0.6 is 7.60 Å². The predicted molar refractivity (Wildman–Crippen MR) is 63.0 cm³/mol. The van der Waals surface area contributed by atoms with Crippen molar-refractivity contribution >= 4 is 7.60 Å². The first-order valence-corrected chi connectivity index (χ1v) is 7.36. The minimum Gasteiger partial charge on any atom is -0.318 e. The van der Waals surface area contributed by atoms with Gasteiger partial charge in [-0.05, 0) is 20.3 Å². The Hall–Kier alpha value is 0.110. The van der Waals surface area contributed by atoms with Gasteiger partial charge in [-0.3, -0.25) is 4.57 Å². The molecule has 5 heteroatoms. The van der Waals surface area contributed by atoms with Gasteiger partial charge in [0, 0.05) is 0 Å². The highest BCUT2D eigenvalue weighted by molar-refractivity contribution is 7.54. The topological polar surface area (TPSA) is 61.6 Å². The summed E-state index contributed by atoms with van der Waals surface area (Å²) in [5, 5.41) is 0. The first-order chi connectivity index (χ1) is 7.10. The molecule has 0 saturated carbocycles. The van der Waals surface area contributed by atoms with Crippen LogP contribution in [0.5, 0.6) is 0 Å². The van der Waals surface area contributed by atoms with Gasteiger partial charge >= 0.3 is 7.60 Å². The maximum absolute atomic E-state index is 12.1. The van der Waals surface area contributed by atoms with Crippen LogP contribution in [0.1, 0.15) is 46.5 Å². The second-order valence-electron chi connectivity index (χ2n) is 3.44. The summed E-state index contributed by atoms with van der Waals surface area (Å²) < 4.78 is 22.5. The van der Waals surface area contributed by atoms with E-state index in [1.807, 2.05) is 0 Å². The van der Waals surface area contributed by atoms with E-state index in [1.54, 1.807) is 13.8 Å². The Balaban J connectivity index is 4.15. The molecule has 0 aromatic rings. The van der Waals surface area contributed by atoms with E-state index >= 15 is 0 Å². The summed E-state index contributed by atoms with van der Waals surface area (Å²) in [5.41, 5.74) is 5.85. The minimum atomic E-state index is -3.07. The zero-order chi connectivity index (χ0) is 11.7. The first kappa shape index (κ1) is 15.1. The number of unbranched alkanes of at least 4 members (excludes halogenated alkanes) is 2. The van der Waals surface area contributed by atoms with E-state index in [-0.39, 0.29) is 0 Å². The van der Waals surface area contributed by atoms with E-state index in [9.17, 15) is 4.57 Å². The van der Waals surface area contributed by atoms with Gasteiger partial charge in [0.15, 0.2) is 0 Å². The van der Waals surface area contributed by atoms with Gasteiger partial charge in [0.1, 0.15) is 5.78 Å². The summed E-state index contributed by atoms with van der Waals surface area (Å²) in [6, 6.07) is 0. The molecule has 0 saturated heterocycles. The summed E-state index contributed by atoms with van der Waals surface area (Å²) >= 11 is 0. The maximum Gasteiger partial charge on any atom is 0.347 e. The van der Waals surface area contributed by atoms with Crippen molar-refractivity contribution in [3.63, 3.8) is 0 Å². The molecule has 0 fully saturated rings. The number of nitrogens with two attached hydrogens (primary N) is 1. The van der Waals surface area contributed by atoms with Crippen LogP contribution in [-0.2, 0) is 13.6 Å². The molecule has 15 heavy (non-hydrogen) atoms. The molecule has 92 valence electrons. The maximum atomic E-state index is 12.1. The smallest absolute Gasteiger partial charge is 0.318 e. The molecule has 0 spiro atoms. The Morgan fingerprint density at radius 3 is 2.07 bits per heavy atom. The van der Waals surface area contributed by atoms with Crippen molar-refractivity contribution in [2.45, 2.75) is 52.2 Å². The SMILES string of the molecule is CCCCCC(N)P(=O)(OCC)OCC. The van der Waals surface area contributed by atoms with Crippen molar-refractivity contribution in [3.05, 3.63) is 0 Å². The van der Waals surface area contributed by atoms with Gasteiger partial charge in [-0.2, -0.15) is 0 Å². The quantitative estimate of drug-likeness (QED) is 0.494. The third-order valence-electron chi connectivity index (χ3n) is 2.13. The van der Waals surface area contributed by atoms with Crippen LogP contribution in [0.4, 0.5) is 0 Å². The van der Waals surface area contributed by atoms with Crippen molar-refractivity contribution in [2.75, 3.05) is 13.2 Å². The van der Waals surface area contributed by atoms with E-state index in [2.05, 4.69) is 6.92 Å². The molecule has 0 aliphatic heterocycles. The lowest BCUT2D eigenvalue weighted by Crippen LogP contribution is -2.23. The fraction of sp³-hybridized carbons (Fsp3) is 1.00. The Bertz CT molecular complexity index is 189. The average molecular weight is 237 g/mol. The summed E-state index contributed by atoms with van der Waals surface area (Å²) in [4.78, 5) is 0. The molecule has 2 N–H and O–H groups in total. The number of hydrogen-bond donors (Lipinski definition) is 1. The average Bonchev–Trinajstić information content (AvgIpc) is 2.18. The van der Waals surface area contributed by atoms with E-state index in [0.29, 0.717) is 19.6 Å². The third-order valence-corrected chi connectivity index (χ3v) is 4.43. The molecular weight excluding hydrogens is 213 g/mol. The zero-order valence-corrected chi connectivity index (χ0v) is 11.0. The number of hydrogen-bond acceptors (Lipinski definition) is 4. The molecule has 1 unspecified atom stereocenters. The van der Waals surface area contributed by atoms with Crippen LogP contribution in [0.15, 0.2) is 0 Å². The van der Waals surface area contributed by atoms with Gasteiger partial charge in [0.2, 0.25) is 0 Å². The molecule has 0 radical (unpaired) electrons. The van der Waals surface area contributed by atoms with Gasteiger partial charge in [-0.1, -0.05) is 26.2 Å². The summed E-state index contributed by atoms with van der Waals surface area (Å²) in [5.74, 6) is -0.482. The fourth-order valence-electron chi connectivity index (χ4n) is 1.35. The summed E-state index contributed by atoms with van der Waals surface area (Å²) in [6.45, 7) is 6.46. The van der Waals surface area contributed by atoms with Gasteiger partial charge in [0.05, 0.1) is 13.2 Å². The predicted octanol–water partition coefficient (Wildman–Crippen LogP) is 3.12. The lowest BCUT2D eigenvalue weighted by molar-refractivity contribution is 0.210. The monoisotopic (exact) mass is 237 g/mol. The van der Waals surface area contributed by atoms with E-state index in [4.69, 9.17) is 14.8 Å². The Kier molecular flexibility index (Phi) is 8.34. The highest BCUT2D eigenvalue weighted by Crippen LogP contribution is 2.52. The molecule has 0 aliphatic carbocycles. The van der Waals surface area contributed by atoms with E-state index in [1.165, 1.54) is 0 Å². The van der Waals surface area contributed by atoms with Crippen LogP contribution < -0.4 is 5.73 Å². The molecular formula is C10H24NO3P. The Morgan fingerprint density at radius 2 is 1.67 bits per heavy atom. The lowest BCUT2D eigenvalue weighted by atomic mass is 10.2. The molecule has 0 aromatic carbocycles. The van der Waals surface area contributed by atoms with Crippen molar-refractivity contribution in [1.29, 1.82) is 0 Å². The molecule has 0 aliphatic rings. The molecule has 4 nitrogen and oxygen atoms in total. The second kappa shape index (κ2) is 8.28. The number of rotatable bonds is 9. The van der Waals surface area contributed by atoms with Crippen LogP contribution in [0.3, 0.4) is 0 Å². The van der Waals surface area contributed by atoms with Crippen molar-refractivity contribution in [1.82, 2.24) is 0 Å². The standard InChI is InChI=1S/C10H24NO3P/c1-4-7-8-9-10(11)15(12,13-5-2)14-6-3/h10H,4-9,11H2,1-3H3. The first-order valence-electron chi connectivity index (χ1n) is 5.75. The van der Waals surface area contributed by atoms with Crippen LogP contribution in [0.25, 0.3) is 0 Å². The molecule has 0 heterocycles. The molecule has 1 atom stereocenters. The van der Waals surface area contributed by atoms with Gasteiger partial charge in [-0.25, -0.2) is 0 Å². The van der Waals surface area contributed by atoms with Crippen LogP contribution in [-0.4, -0.2) is 19.0 Å². The largest absolute Gasteiger partial charge is 0.347 e. The van der Waals surface area contributed by atoms with Crippen molar-refractivity contribution in [3.8, 4) is 0 Å². The van der Waals surface area contributed by atoms with Gasteiger partial charge < -0.3 is 14.8 Å². The summed E-state index contributed by atoms with van der Waals surface area (Å²) in [6.07, 6.45) is 3.90. The third kappa shape index (κ3) is 5.67. The van der Waals surface area contributed by atoms with Crippen LogP contribution in [0.2, 0.25) is 0 Å². The summed E-state index contributed by atoms with van der Waals surface area (Å²) in [7, 11) is -3.07. The van der Waals surface area contributed by atoms with E-state index in [0.717, 1.165) is 19.3 Å². The van der Waals surface area contributed by atoms with Crippen molar-refractivity contribution in [2.24, 2.45) is 5.73 Å². The molecule has 0 rings (SSSR count). The van der Waals surface area contributed by atoms with Gasteiger partial charge in [0.25, 0.3) is 0 Å². The van der Waals surface area contributed by atoms with Crippen molar-refractivity contribution < 1.29 is 13.6 Å². The Labute approximate surface area is 93.1 Å². The fourth-order valence-corrected chi connectivity index (χ4v) is 3.03. The molecule has 0 amide bonds. The highest BCUT2D eigenvalue weighted by atomic mass is 31.2. The highest BCUT2D eigenvalue weighted by Gasteiger charge is 2.31. The zero-order valence-electron chi connectivity index (χ0n) is 10.1. The minimum absolute atomic E-state index is 0.374. The Morgan fingerprint density at radius 1 is 1.13 bits per heavy atom. The van der Waals surface area contributed by atoms with Gasteiger partial charge in [-0.15, -0.1) is 0 Å². The molecule has 0 aromatic heterocycles. The lowest BCUT2D eigenvalue weighted by Gasteiger charge is -2.22. The van der Waals surface area contributed by atoms with E-state index < -0.39 is 13.4 Å². The molecule has 0 bridgehead atoms. The second-order valence-corrected chi connectivity index (χ2v) is 5.70.